The molecule has 0 unspecified atom stereocenters. The Hall–Kier alpha value is -1.27. The Balaban J connectivity index is 2.12. The highest BCUT2D eigenvalue weighted by Gasteiger charge is 2.38. The first-order valence-electron chi connectivity index (χ1n) is 5.64. The van der Waals surface area contributed by atoms with Gasteiger partial charge in [0.2, 0.25) is 0 Å². The van der Waals surface area contributed by atoms with E-state index in [1.54, 1.807) is 12.1 Å². The molecular weight excluding hydrogens is 239 g/mol. The smallest absolute Gasteiger partial charge is 0.141 e. The molecule has 0 aliphatic heterocycles. The zero-order chi connectivity index (χ0) is 12.5. The number of benzene rings is 1. The summed E-state index contributed by atoms with van der Waals surface area (Å²) >= 11 is 5.74. The number of anilines is 1. The molecule has 1 aliphatic rings. The molecule has 0 bridgehead atoms. The molecule has 2 rings (SSSR count). The van der Waals surface area contributed by atoms with Crippen molar-refractivity contribution in [3.8, 4) is 6.07 Å². The minimum Gasteiger partial charge on any atom is -0.373 e. The minimum absolute atomic E-state index is 0.119. The van der Waals surface area contributed by atoms with E-state index in [0.29, 0.717) is 6.54 Å². The van der Waals surface area contributed by atoms with E-state index in [2.05, 4.69) is 6.07 Å². The molecular formula is C13H14ClFN2. The van der Waals surface area contributed by atoms with Crippen LogP contribution in [0.3, 0.4) is 0 Å². The second-order valence-corrected chi connectivity index (χ2v) is 5.11. The molecule has 17 heavy (non-hydrogen) atoms. The third kappa shape index (κ3) is 2.37. The fraction of sp³-hybridized carbons (Fsp3) is 0.462. The average molecular weight is 253 g/mol. The Morgan fingerprint density at radius 3 is 2.71 bits per heavy atom. The van der Waals surface area contributed by atoms with Gasteiger partial charge in [-0.1, -0.05) is 18.0 Å². The van der Waals surface area contributed by atoms with Crippen molar-refractivity contribution in [3.63, 3.8) is 0 Å². The predicted molar refractivity (Wildman–Crippen MR) is 66.6 cm³/mol. The lowest BCUT2D eigenvalue weighted by Gasteiger charge is -2.39. The molecule has 0 radical (unpaired) electrons. The number of halogens is 2. The largest absolute Gasteiger partial charge is 0.373 e. The second-order valence-electron chi connectivity index (χ2n) is 4.70. The lowest BCUT2D eigenvalue weighted by Crippen LogP contribution is -2.39. The average Bonchev–Trinajstić information content (AvgIpc) is 2.27. The quantitative estimate of drug-likeness (QED) is 0.822. The Kier molecular flexibility index (Phi) is 3.26. The Labute approximate surface area is 106 Å². The molecule has 1 saturated carbocycles. The standard InChI is InChI=1S/C13H14ClFN2/c1-17(9-13(8-16)5-2-6-13)10-3-4-12(15)11(14)7-10/h3-4,7H,2,5-6,9H2,1H3. The van der Waals surface area contributed by atoms with E-state index in [-0.39, 0.29) is 10.4 Å². The summed E-state index contributed by atoms with van der Waals surface area (Å²) in [6.07, 6.45) is 3.01. The summed E-state index contributed by atoms with van der Waals surface area (Å²) in [6.45, 7) is 0.672. The van der Waals surface area contributed by atoms with E-state index >= 15 is 0 Å². The van der Waals surface area contributed by atoms with E-state index in [4.69, 9.17) is 16.9 Å². The zero-order valence-electron chi connectivity index (χ0n) is 9.71. The van der Waals surface area contributed by atoms with Crippen molar-refractivity contribution in [1.82, 2.24) is 0 Å². The zero-order valence-corrected chi connectivity index (χ0v) is 10.5. The fourth-order valence-electron chi connectivity index (χ4n) is 2.18. The van der Waals surface area contributed by atoms with Crippen molar-refractivity contribution in [2.45, 2.75) is 19.3 Å². The fourth-order valence-corrected chi connectivity index (χ4v) is 2.35. The third-order valence-electron chi connectivity index (χ3n) is 3.43. The summed E-state index contributed by atoms with van der Waals surface area (Å²) in [7, 11) is 1.90. The summed E-state index contributed by atoms with van der Waals surface area (Å²) in [4.78, 5) is 1.97. The molecule has 4 heteroatoms. The van der Waals surface area contributed by atoms with Crippen LogP contribution >= 0.6 is 11.6 Å². The lowest BCUT2D eigenvalue weighted by atomic mass is 9.69. The molecule has 0 atom stereocenters. The van der Waals surface area contributed by atoms with Gasteiger partial charge in [-0.15, -0.1) is 0 Å². The summed E-state index contributed by atoms with van der Waals surface area (Å²) < 4.78 is 13.0. The molecule has 0 spiro atoms. The van der Waals surface area contributed by atoms with E-state index in [1.807, 2.05) is 11.9 Å². The highest BCUT2D eigenvalue weighted by molar-refractivity contribution is 6.31. The van der Waals surface area contributed by atoms with Crippen LogP contribution in [0.15, 0.2) is 18.2 Å². The van der Waals surface area contributed by atoms with Crippen LogP contribution in [-0.2, 0) is 0 Å². The number of rotatable bonds is 3. The van der Waals surface area contributed by atoms with Gasteiger partial charge in [0.05, 0.1) is 16.5 Å². The van der Waals surface area contributed by atoms with Crippen LogP contribution in [0, 0.1) is 22.6 Å². The summed E-state index contributed by atoms with van der Waals surface area (Å²) in [5, 5.41) is 9.29. The monoisotopic (exact) mass is 252 g/mol. The van der Waals surface area contributed by atoms with Gasteiger partial charge in [0.25, 0.3) is 0 Å². The lowest BCUT2D eigenvalue weighted by molar-refractivity contribution is 0.223. The molecule has 1 aromatic carbocycles. The van der Waals surface area contributed by atoms with Crippen molar-refractivity contribution in [3.05, 3.63) is 29.0 Å². The van der Waals surface area contributed by atoms with Crippen LogP contribution in [0.5, 0.6) is 0 Å². The van der Waals surface area contributed by atoms with Gasteiger partial charge in [0.15, 0.2) is 0 Å². The molecule has 0 aromatic heterocycles. The van der Waals surface area contributed by atoms with Crippen molar-refractivity contribution in [2.24, 2.45) is 5.41 Å². The topological polar surface area (TPSA) is 27.0 Å². The van der Waals surface area contributed by atoms with Crippen LogP contribution in [0.2, 0.25) is 5.02 Å². The van der Waals surface area contributed by atoms with Crippen molar-refractivity contribution >= 4 is 17.3 Å². The highest BCUT2D eigenvalue weighted by Crippen LogP contribution is 2.41. The summed E-state index contributed by atoms with van der Waals surface area (Å²) in [6, 6.07) is 7.03. The molecule has 90 valence electrons. The van der Waals surface area contributed by atoms with Crippen LogP contribution in [-0.4, -0.2) is 13.6 Å². The molecule has 0 saturated heterocycles. The van der Waals surface area contributed by atoms with Gasteiger partial charge < -0.3 is 4.90 Å². The van der Waals surface area contributed by atoms with Gasteiger partial charge in [-0.2, -0.15) is 5.26 Å². The third-order valence-corrected chi connectivity index (χ3v) is 3.72. The molecule has 0 N–H and O–H groups in total. The van der Waals surface area contributed by atoms with Crippen LogP contribution in [0.1, 0.15) is 19.3 Å². The summed E-state index contributed by atoms with van der Waals surface area (Å²) in [5.41, 5.74) is 0.619. The number of hydrogen-bond acceptors (Lipinski definition) is 2. The van der Waals surface area contributed by atoms with Crippen molar-refractivity contribution in [1.29, 1.82) is 5.26 Å². The first kappa shape index (κ1) is 12.2. The SMILES string of the molecule is CN(CC1(C#N)CCC1)c1ccc(F)c(Cl)c1. The second kappa shape index (κ2) is 4.54. The van der Waals surface area contributed by atoms with Crippen LogP contribution in [0.4, 0.5) is 10.1 Å². The first-order valence-corrected chi connectivity index (χ1v) is 6.02. The van der Waals surface area contributed by atoms with Gasteiger partial charge in [-0.05, 0) is 31.0 Å². The molecule has 0 amide bonds. The maximum absolute atomic E-state index is 13.0. The van der Waals surface area contributed by atoms with Gasteiger partial charge in [0.1, 0.15) is 5.82 Å². The first-order chi connectivity index (χ1) is 8.06. The predicted octanol–water partition coefficient (Wildman–Crippen LogP) is 3.61. The number of nitriles is 1. The number of hydrogen-bond donors (Lipinski definition) is 0. The van der Waals surface area contributed by atoms with E-state index in [0.717, 1.165) is 24.9 Å². The van der Waals surface area contributed by atoms with E-state index in [1.165, 1.54) is 6.07 Å². The Bertz CT molecular complexity index is 463. The molecule has 2 nitrogen and oxygen atoms in total. The van der Waals surface area contributed by atoms with E-state index < -0.39 is 5.82 Å². The molecule has 0 heterocycles. The van der Waals surface area contributed by atoms with Gasteiger partial charge in [-0.3, -0.25) is 0 Å². The highest BCUT2D eigenvalue weighted by atomic mass is 35.5. The maximum atomic E-state index is 13.0. The van der Waals surface area contributed by atoms with E-state index in [9.17, 15) is 4.39 Å². The molecule has 1 fully saturated rings. The maximum Gasteiger partial charge on any atom is 0.141 e. The van der Waals surface area contributed by atoms with Gasteiger partial charge >= 0.3 is 0 Å². The van der Waals surface area contributed by atoms with Crippen LogP contribution < -0.4 is 4.90 Å². The molecule has 1 aromatic rings. The Morgan fingerprint density at radius 1 is 1.53 bits per heavy atom. The van der Waals surface area contributed by atoms with Crippen molar-refractivity contribution in [2.75, 3.05) is 18.5 Å². The Morgan fingerprint density at radius 2 is 2.24 bits per heavy atom. The summed E-state index contributed by atoms with van der Waals surface area (Å²) in [5.74, 6) is -0.414. The minimum atomic E-state index is -0.414. The number of nitrogens with zero attached hydrogens (tertiary/aromatic N) is 2. The van der Waals surface area contributed by atoms with Gasteiger partial charge in [-0.25, -0.2) is 4.39 Å². The van der Waals surface area contributed by atoms with Crippen molar-refractivity contribution < 1.29 is 4.39 Å². The normalized spacial score (nSPS) is 17.1. The van der Waals surface area contributed by atoms with Gasteiger partial charge in [0, 0.05) is 19.3 Å². The van der Waals surface area contributed by atoms with Crippen LogP contribution in [0.25, 0.3) is 0 Å². The molecule has 1 aliphatic carbocycles.